The molecule has 2 heterocycles. The molecule has 2 atom stereocenters. The maximum atomic E-state index is 14.7. The van der Waals surface area contributed by atoms with Crippen molar-refractivity contribution in [1.82, 2.24) is 29.8 Å². The summed E-state index contributed by atoms with van der Waals surface area (Å²) in [5.41, 5.74) is -0.742. The SMILES string of the molecule is C[C@@H](c1cn(-c2ccc(Cl)cc2)nn1)[C@](O)(Cn1cncn1)c1ccc(F)cc1F. The molecule has 0 saturated carbocycles. The zero-order chi connectivity index (χ0) is 21.3. The molecule has 0 saturated heterocycles. The van der Waals surface area contributed by atoms with Crippen molar-refractivity contribution in [2.75, 3.05) is 0 Å². The molecule has 0 spiro atoms. The minimum absolute atomic E-state index is 0.0760. The van der Waals surface area contributed by atoms with Gasteiger partial charge in [0.25, 0.3) is 0 Å². The molecule has 0 aliphatic heterocycles. The molecule has 0 fully saturated rings. The summed E-state index contributed by atoms with van der Waals surface area (Å²) in [4.78, 5) is 3.86. The minimum Gasteiger partial charge on any atom is -0.382 e. The third kappa shape index (κ3) is 3.81. The van der Waals surface area contributed by atoms with Crippen LogP contribution in [0.25, 0.3) is 5.69 Å². The van der Waals surface area contributed by atoms with Crippen molar-refractivity contribution in [3.63, 3.8) is 0 Å². The third-order valence-corrected chi connectivity index (χ3v) is 5.28. The van der Waals surface area contributed by atoms with E-state index in [1.807, 2.05) is 0 Å². The number of hydrogen-bond acceptors (Lipinski definition) is 5. The van der Waals surface area contributed by atoms with Gasteiger partial charge in [-0.3, -0.25) is 0 Å². The molecular formula is C20H17ClF2N6O. The Balaban J connectivity index is 1.74. The largest absolute Gasteiger partial charge is 0.382 e. The van der Waals surface area contributed by atoms with E-state index >= 15 is 0 Å². The van der Waals surface area contributed by atoms with E-state index in [0.29, 0.717) is 10.7 Å². The van der Waals surface area contributed by atoms with Gasteiger partial charge in [0.15, 0.2) is 0 Å². The van der Waals surface area contributed by atoms with Gasteiger partial charge in [-0.05, 0) is 30.3 Å². The molecule has 154 valence electrons. The molecule has 0 unspecified atom stereocenters. The Morgan fingerprint density at radius 3 is 2.60 bits per heavy atom. The van der Waals surface area contributed by atoms with Gasteiger partial charge in [-0.15, -0.1) is 5.10 Å². The van der Waals surface area contributed by atoms with Crippen molar-refractivity contribution >= 4 is 11.6 Å². The van der Waals surface area contributed by atoms with E-state index in [9.17, 15) is 13.9 Å². The predicted octanol–water partition coefficient (Wildman–Crippen LogP) is 3.48. The zero-order valence-electron chi connectivity index (χ0n) is 15.8. The monoisotopic (exact) mass is 430 g/mol. The van der Waals surface area contributed by atoms with E-state index in [1.54, 1.807) is 37.4 Å². The van der Waals surface area contributed by atoms with Gasteiger partial charge in [0, 0.05) is 22.6 Å². The molecule has 0 aliphatic rings. The van der Waals surface area contributed by atoms with Crippen LogP contribution in [0.3, 0.4) is 0 Å². The molecule has 0 aliphatic carbocycles. The Morgan fingerprint density at radius 1 is 1.17 bits per heavy atom. The lowest BCUT2D eigenvalue weighted by molar-refractivity contribution is -0.0123. The average Bonchev–Trinajstić information content (AvgIpc) is 3.40. The molecule has 30 heavy (non-hydrogen) atoms. The Kier molecular flexibility index (Phi) is 5.31. The fourth-order valence-corrected chi connectivity index (χ4v) is 3.42. The van der Waals surface area contributed by atoms with Gasteiger partial charge in [0.1, 0.15) is 29.9 Å². The molecule has 4 aromatic rings. The first-order chi connectivity index (χ1) is 14.4. The van der Waals surface area contributed by atoms with Crippen LogP contribution in [0.1, 0.15) is 24.1 Å². The lowest BCUT2D eigenvalue weighted by atomic mass is 9.80. The highest BCUT2D eigenvalue weighted by molar-refractivity contribution is 6.30. The highest BCUT2D eigenvalue weighted by atomic mass is 35.5. The second kappa shape index (κ2) is 7.92. The van der Waals surface area contributed by atoms with Crippen molar-refractivity contribution in [2.45, 2.75) is 25.0 Å². The molecule has 0 amide bonds. The topological polar surface area (TPSA) is 81.6 Å². The van der Waals surface area contributed by atoms with Crippen molar-refractivity contribution in [2.24, 2.45) is 0 Å². The number of hydrogen-bond donors (Lipinski definition) is 1. The Hall–Kier alpha value is -3.17. The van der Waals surface area contributed by atoms with Gasteiger partial charge in [0.05, 0.1) is 24.1 Å². The van der Waals surface area contributed by atoms with Crippen LogP contribution in [0.15, 0.2) is 61.3 Å². The first kappa shape index (κ1) is 20.1. The number of benzene rings is 2. The summed E-state index contributed by atoms with van der Waals surface area (Å²) in [5, 5.41) is 24.5. The molecule has 1 N–H and O–H groups in total. The molecule has 2 aromatic carbocycles. The number of halogens is 3. The first-order valence-corrected chi connectivity index (χ1v) is 9.43. The van der Waals surface area contributed by atoms with E-state index < -0.39 is 23.2 Å². The van der Waals surface area contributed by atoms with Crippen molar-refractivity contribution in [3.05, 3.63) is 89.2 Å². The molecular weight excluding hydrogens is 414 g/mol. The van der Waals surface area contributed by atoms with E-state index in [-0.39, 0.29) is 12.1 Å². The van der Waals surface area contributed by atoms with Crippen molar-refractivity contribution in [3.8, 4) is 5.69 Å². The highest BCUT2D eigenvalue weighted by Crippen LogP contribution is 2.39. The number of aliphatic hydroxyl groups is 1. The molecule has 10 heteroatoms. The quantitative estimate of drug-likeness (QED) is 0.506. The Bertz CT molecular complexity index is 1150. The predicted molar refractivity (Wildman–Crippen MR) is 105 cm³/mol. The van der Waals surface area contributed by atoms with Crippen LogP contribution in [0, 0.1) is 11.6 Å². The van der Waals surface area contributed by atoms with Gasteiger partial charge >= 0.3 is 0 Å². The van der Waals surface area contributed by atoms with Gasteiger partial charge in [-0.25, -0.2) is 23.1 Å². The van der Waals surface area contributed by atoms with Crippen LogP contribution >= 0.6 is 11.6 Å². The van der Waals surface area contributed by atoms with Crippen LogP contribution in [-0.4, -0.2) is 34.9 Å². The van der Waals surface area contributed by atoms with Crippen molar-refractivity contribution in [1.29, 1.82) is 0 Å². The number of aromatic nitrogens is 6. The standard InChI is InChI=1S/C20H17ClF2N6O/c1-13(19-9-29(27-26-19)16-5-2-14(21)3-6-16)20(30,10-28-12-24-11-25-28)17-7-4-15(22)8-18(17)23/h2-9,11-13,30H,10H2,1H3/t13-,20+/m0/s1. The van der Waals surface area contributed by atoms with E-state index in [4.69, 9.17) is 11.6 Å². The normalized spacial score (nSPS) is 14.4. The molecule has 7 nitrogen and oxygen atoms in total. The summed E-state index contributed by atoms with van der Waals surface area (Å²) in [5.74, 6) is -2.32. The lowest BCUT2D eigenvalue weighted by Crippen LogP contribution is -2.38. The maximum absolute atomic E-state index is 14.7. The Labute approximate surface area is 175 Å². The van der Waals surface area contributed by atoms with Crippen LogP contribution in [0.4, 0.5) is 8.78 Å². The van der Waals surface area contributed by atoms with Gasteiger partial charge < -0.3 is 5.11 Å². The fourth-order valence-electron chi connectivity index (χ4n) is 3.30. The van der Waals surface area contributed by atoms with Crippen LogP contribution < -0.4 is 0 Å². The second-order valence-corrected chi connectivity index (χ2v) is 7.36. The Morgan fingerprint density at radius 2 is 1.93 bits per heavy atom. The summed E-state index contributed by atoms with van der Waals surface area (Å²) >= 11 is 5.92. The second-order valence-electron chi connectivity index (χ2n) is 6.93. The van der Waals surface area contributed by atoms with E-state index in [1.165, 1.54) is 28.1 Å². The smallest absolute Gasteiger partial charge is 0.137 e. The highest BCUT2D eigenvalue weighted by Gasteiger charge is 2.41. The molecule has 0 radical (unpaired) electrons. The van der Waals surface area contributed by atoms with Crippen LogP contribution in [-0.2, 0) is 12.1 Å². The zero-order valence-corrected chi connectivity index (χ0v) is 16.6. The first-order valence-electron chi connectivity index (χ1n) is 9.05. The minimum atomic E-state index is -1.80. The summed E-state index contributed by atoms with van der Waals surface area (Å²) in [6, 6.07) is 10.0. The van der Waals surface area contributed by atoms with E-state index in [2.05, 4.69) is 20.4 Å². The summed E-state index contributed by atoms with van der Waals surface area (Å²) in [6.07, 6.45) is 4.36. The molecule has 2 aromatic heterocycles. The van der Waals surface area contributed by atoms with E-state index in [0.717, 1.165) is 17.8 Å². The lowest BCUT2D eigenvalue weighted by Gasteiger charge is -2.33. The summed E-state index contributed by atoms with van der Waals surface area (Å²) in [6.45, 7) is 1.57. The summed E-state index contributed by atoms with van der Waals surface area (Å²) in [7, 11) is 0. The molecule has 0 bridgehead atoms. The number of nitrogens with zero attached hydrogens (tertiary/aromatic N) is 6. The van der Waals surface area contributed by atoms with Gasteiger partial charge in [-0.1, -0.05) is 29.8 Å². The number of rotatable bonds is 6. The van der Waals surface area contributed by atoms with Crippen LogP contribution in [0.2, 0.25) is 5.02 Å². The van der Waals surface area contributed by atoms with Crippen LogP contribution in [0.5, 0.6) is 0 Å². The third-order valence-electron chi connectivity index (χ3n) is 5.03. The summed E-state index contributed by atoms with van der Waals surface area (Å²) < 4.78 is 31.0. The molecule has 4 rings (SSSR count). The average molecular weight is 431 g/mol. The van der Waals surface area contributed by atoms with Crippen molar-refractivity contribution < 1.29 is 13.9 Å². The maximum Gasteiger partial charge on any atom is 0.137 e. The van der Waals surface area contributed by atoms with Gasteiger partial charge in [0.2, 0.25) is 0 Å². The van der Waals surface area contributed by atoms with Gasteiger partial charge in [-0.2, -0.15) is 5.10 Å². The fraction of sp³-hybridized carbons (Fsp3) is 0.200.